The Morgan fingerprint density at radius 3 is 2.13 bits per heavy atom. The van der Waals surface area contributed by atoms with Gasteiger partial charge in [0.1, 0.15) is 0 Å². The molecule has 0 spiro atoms. The Bertz CT molecular complexity index is 378. The van der Waals surface area contributed by atoms with Gasteiger partial charge >= 0.3 is 0 Å². The first-order valence-corrected chi connectivity index (χ1v) is 6.46. The molecule has 0 atom stereocenters. The smallest absolute Gasteiger partial charge is 0.0695 e. The number of benzene rings is 1. The van der Waals surface area contributed by atoms with Crippen LogP contribution in [0.25, 0.3) is 0 Å². The van der Waals surface area contributed by atoms with Gasteiger partial charge in [0.05, 0.1) is 6.61 Å². The zero-order valence-corrected chi connectivity index (χ0v) is 12.7. The molecule has 0 aliphatic heterocycles. The van der Waals surface area contributed by atoms with E-state index in [-0.39, 0.29) is 12.0 Å². The molecular weight excluding hydrogens is 320 g/mol. The van der Waals surface area contributed by atoms with Crippen LogP contribution >= 0.6 is 31.9 Å². The molecule has 15 heavy (non-hydrogen) atoms. The van der Waals surface area contributed by atoms with Gasteiger partial charge in [0.2, 0.25) is 0 Å². The van der Waals surface area contributed by atoms with Crippen molar-refractivity contribution in [3.63, 3.8) is 0 Å². The topological polar surface area (TPSA) is 20.2 Å². The Labute approximate surface area is 108 Å². The number of rotatable bonds is 1. The molecule has 3 heteroatoms. The second kappa shape index (κ2) is 4.56. The third-order valence-electron chi connectivity index (χ3n) is 2.48. The first-order chi connectivity index (χ1) is 6.79. The number of hydrogen-bond acceptors (Lipinski definition) is 1. The molecule has 0 amide bonds. The summed E-state index contributed by atoms with van der Waals surface area (Å²) in [5, 5.41) is 9.43. The maximum absolute atomic E-state index is 9.43. The largest absolute Gasteiger partial charge is 0.392 e. The summed E-state index contributed by atoms with van der Waals surface area (Å²) in [5.41, 5.74) is 3.44. The zero-order chi connectivity index (χ0) is 11.8. The summed E-state index contributed by atoms with van der Waals surface area (Å²) in [6, 6.07) is 2.00. The number of halogens is 2. The fourth-order valence-electron chi connectivity index (χ4n) is 1.94. The molecule has 84 valence electrons. The van der Waals surface area contributed by atoms with Crippen LogP contribution < -0.4 is 0 Å². The Morgan fingerprint density at radius 1 is 1.20 bits per heavy atom. The summed E-state index contributed by atoms with van der Waals surface area (Å²) >= 11 is 7.04. The van der Waals surface area contributed by atoms with Crippen molar-refractivity contribution in [3.8, 4) is 0 Å². The van der Waals surface area contributed by atoms with E-state index in [0.717, 1.165) is 14.5 Å². The van der Waals surface area contributed by atoms with E-state index in [1.807, 2.05) is 6.07 Å². The molecule has 0 saturated heterocycles. The van der Waals surface area contributed by atoms with Crippen molar-refractivity contribution < 1.29 is 5.11 Å². The first-order valence-electron chi connectivity index (χ1n) is 4.88. The number of aliphatic hydroxyl groups excluding tert-OH is 1. The van der Waals surface area contributed by atoms with Crippen molar-refractivity contribution in [2.75, 3.05) is 0 Å². The summed E-state index contributed by atoms with van der Waals surface area (Å²) in [5.74, 6) is 0. The van der Waals surface area contributed by atoms with E-state index >= 15 is 0 Å². The van der Waals surface area contributed by atoms with E-state index in [9.17, 15) is 5.11 Å². The van der Waals surface area contributed by atoms with Gasteiger partial charge < -0.3 is 5.11 Å². The van der Waals surface area contributed by atoms with Crippen LogP contribution in [0.4, 0.5) is 0 Å². The van der Waals surface area contributed by atoms with Crippen molar-refractivity contribution in [1.29, 1.82) is 0 Å². The fourth-order valence-corrected chi connectivity index (χ4v) is 3.23. The standard InChI is InChI=1S/C12H16Br2O/c1-7-9(13)5-10(14)8(6-15)11(7)12(2,3)4/h5,15H,6H2,1-4H3. The molecule has 1 aromatic rings. The minimum Gasteiger partial charge on any atom is -0.392 e. The van der Waals surface area contributed by atoms with Crippen LogP contribution in [0.3, 0.4) is 0 Å². The van der Waals surface area contributed by atoms with Gasteiger partial charge in [0.25, 0.3) is 0 Å². The lowest BCUT2D eigenvalue weighted by molar-refractivity contribution is 0.277. The Kier molecular flexibility index (Phi) is 4.01. The highest BCUT2D eigenvalue weighted by Gasteiger charge is 2.23. The molecule has 0 aliphatic carbocycles. The van der Waals surface area contributed by atoms with E-state index in [0.29, 0.717) is 0 Å². The van der Waals surface area contributed by atoms with Gasteiger partial charge in [-0.2, -0.15) is 0 Å². The second-order valence-corrected chi connectivity index (χ2v) is 6.44. The summed E-state index contributed by atoms with van der Waals surface area (Å²) in [4.78, 5) is 0. The third-order valence-corrected chi connectivity index (χ3v) is 4.02. The monoisotopic (exact) mass is 334 g/mol. The zero-order valence-electron chi connectivity index (χ0n) is 9.49. The van der Waals surface area contributed by atoms with E-state index in [4.69, 9.17) is 0 Å². The van der Waals surface area contributed by atoms with E-state index in [2.05, 4.69) is 59.6 Å². The van der Waals surface area contributed by atoms with Gasteiger partial charge in [-0.15, -0.1) is 0 Å². The van der Waals surface area contributed by atoms with Crippen LogP contribution in [0.1, 0.15) is 37.5 Å². The molecule has 0 unspecified atom stereocenters. The average Bonchev–Trinajstić information content (AvgIpc) is 2.08. The van der Waals surface area contributed by atoms with Gasteiger partial charge in [-0.05, 0) is 35.1 Å². The normalized spacial score (nSPS) is 11.9. The molecule has 1 aromatic carbocycles. The van der Waals surface area contributed by atoms with Crippen molar-refractivity contribution in [3.05, 3.63) is 31.7 Å². The van der Waals surface area contributed by atoms with Gasteiger partial charge in [0, 0.05) is 8.95 Å². The summed E-state index contributed by atoms with van der Waals surface area (Å²) < 4.78 is 2.05. The van der Waals surface area contributed by atoms with Gasteiger partial charge in [-0.25, -0.2) is 0 Å². The van der Waals surface area contributed by atoms with Crippen molar-refractivity contribution in [1.82, 2.24) is 0 Å². The van der Waals surface area contributed by atoms with Gasteiger partial charge in [0.15, 0.2) is 0 Å². The minimum absolute atomic E-state index is 0.0362. The molecule has 1 N–H and O–H groups in total. The molecular formula is C12H16Br2O. The third kappa shape index (κ3) is 2.63. The lowest BCUT2D eigenvalue weighted by Gasteiger charge is -2.26. The van der Waals surface area contributed by atoms with Crippen LogP contribution in [-0.2, 0) is 12.0 Å². The highest BCUT2D eigenvalue weighted by atomic mass is 79.9. The van der Waals surface area contributed by atoms with Crippen LogP contribution in [-0.4, -0.2) is 5.11 Å². The molecule has 0 heterocycles. The molecule has 0 fully saturated rings. The predicted molar refractivity (Wildman–Crippen MR) is 71.2 cm³/mol. The quantitative estimate of drug-likeness (QED) is 0.810. The van der Waals surface area contributed by atoms with Gasteiger partial charge in [-0.1, -0.05) is 52.6 Å². The number of hydrogen-bond donors (Lipinski definition) is 1. The van der Waals surface area contributed by atoms with Crippen molar-refractivity contribution >= 4 is 31.9 Å². The molecule has 0 aromatic heterocycles. The highest BCUT2D eigenvalue weighted by molar-refractivity contribution is 9.11. The lowest BCUT2D eigenvalue weighted by Crippen LogP contribution is -2.17. The summed E-state index contributed by atoms with van der Waals surface area (Å²) in [7, 11) is 0. The molecule has 0 saturated carbocycles. The SMILES string of the molecule is Cc1c(Br)cc(Br)c(CO)c1C(C)(C)C. The first kappa shape index (κ1) is 13.2. The number of aliphatic hydroxyl groups is 1. The Morgan fingerprint density at radius 2 is 1.73 bits per heavy atom. The van der Waals surface area contributed by atoms with Crippen LogP contribution in [0.5, 0.6) is 0 Å². The van der Waals surface area contributed by atoms with Crippen LogP contribution in [0.2, 0.25) is 0 Å². The fraction of sp³-hybridized carbons (Fsp3) is 0.500. The predicted octanol–water partition coefficient (Wildman–Crippen LogP) is 4.31. The molecule has 1 rings (SSSR count). The molecule has 0 bridgehead atoms. The lowest BCUT2D eigenvalue weighted by atomic mass is 9.81. The van der Waals surface area contributed by atoms with Crippen LogP contribution in [0, 0.1) is 6.92 Å². The average molecular weight is 336 g/mol. The second-order valence-electron chi connectivity index (χ2n) is 4.73. The maximum atomic E-state index is 9.43. The molecule has 0 aliphatic rings. The van der Waals surface area contributed by atoms with E-state index < -0.39 is 0 Å². The Balaban J connectivity index is 3.59. The van der Waals surface area contributed by atoms with E-state index in [1.54, 1.807) is 0 Å². The van der Waals surface area contributed by atoms with E-state index in [1.165, 1.54) is 11.1 Å². The molecule has 0 radical (unpaired) electrons. The van der Waals surface area contributed by atoms with Crippen molar-refractivity contribution in [2.45, 2.75) is 39.7 Å². The Hall–Kier alpha value is 0.140. The molecule has 1 nitrogen and oxygen atoms in total. The maximum Gasteiger partial charge on any atom is 0.0695 e. The highest BCUT2D eigenvalue weighted by Crippen LogP contribution is 2.37. The minimum atomic E-state index is 0.0362. The van der Waals surface area contributed by atoms with Crippen LogP contribution in [0.15, 0.2) is 15.0 Å². The summed E-state index contributed by atoms with van der Waals surface area (Å²) in [6.07, 6.45) is 0. The van der Waals surface area contributed by atoms with Gasteiger partial charge in [-0.3, -0.25) is 0 Å². The summed E-state index contributed by atoms with van der Waals surface area (Å²) in [6.45, 7) is 8.63. The van der Waals surface area contributed by atoms with Crippen molar-refractivity contribution in [2.24, 2.45) is 0 Å².